The number of carbonyl (C=O) groups is 1. The van der Waals surface area contributed by atoms with Gasteiger partial charge in [0.2, 0.25) is 5.91 Å². The second-order valence-electron chi connectivity index (χ2n) is 6.98. The number of rotatable bonds is 6. The van der Waals surface area contributed by atoms with E-state index in [2.05, 4.69) is 4.98 Å². The fourth-order valence-electron chi connectivity index (χ4n) is 3.28. The zero-order valence-corrected chi connectivity index (χ0v) is 18.5. The van der Waals surface area contributed by atoms with Gasteiger partial charge in [-0.15, -0.1) is 22.7 Å². The molecule has 0 N–H and O–H groups in total. The highest BCUT2D eigenvalue weighted by Gasteiger charge is 2.17. The standard InChI is InChI=1S/C22H21N3O3S2/c1-14-8-9-18(30-14)16-12-29-21-20(16)22(27)25(13-23-21)11-19(26)24(2)10-15-6-4-5-7-17(15)28-3/h4-9,12-13H,10-11H2,1-3H3. The predicted octanol–water partition coefficient (Wildman–Crippen LogP) is 4.16. The lowest BCUT2D eigenvalue weighted by molar-refractivity contribution is -0.131. The quantitative estimate of drug-likeness (QED) is 0.453. The molecule has 0 saturated heterocycles. The molecule has 0 radical (unpaired) electrons. The van der Waals surface area contributed by atoms with Crippen LogP contribution in [-0.4, -0.2) is 34.5 Å². The monoisotopic (exact) mass is 439 g/mol. The van der Waals surface area contributed by atoms with Crippen molar-refractivity contribution in [2.45, 2.75) is 20.0 Å². The molecule has 0 bridgehead atoms. The maximum atomic E-state index is 13.2. The topological polar surface area (TPSA) is 64.4 Å². The Kier molecular flexibility index (Phi) is 5.69. The number of hydrogen-bond donors (Lipinski definition) is 0. The molecule has 0 aliphatic heterocycles. The SMILES string of the molecule is COc1ccccc1CN(C)C(=O)Cn1cnc2scc(-c3ccc(C)s3)c2c1=O. The molecule has 1 aromatic carbocycles. The average molecular weight is 440 g/mol. The van der Waals surface area contributed by atoms with Crippen molar-refractivity contribution in [2.75, 3.05) is 14.2 Å². The maximum Gasteiger partial charge on any atom is 0.263 e. The summed E-state index contributed by atoms with van der Waals surface area (Å²) in [6.45, 7) is 2.37. The minimum atomic E-state index is -0.193. The van der Waals surface area contributed by atoms with Gasteiger partial charge in [-0.1, -0.05) is 18.2 Å². The minimum Gasteiger partial charge on any atom is -0.496 e. The largest absolute Gasteiger partial charge is 0.496 e. The number of aryl methyl sites for hydroxylation is 1. The van der Waals surface area contributed by atoms with Crippen LogP contribution < -0.4 is 10.3 Å². The molecule has 1 amide bonds. The van der Waals surface area contributed by atoms with Crippen molar-refractivity contribution in [3.8, 4) is 16.2 Å². The van der Waals surface area contributed by atoms with Gasteiger partial charge in [0.15, 0.2) is 0 Å². The molecule has 3 aromatic heterocycles. The lowest BCUT2D eigenvalue weighted by Crippen LogP contribution is -2.33. The zero-order valence-electron chi connectivity index (χ0n) is 16.9. The number of hydrogen-bond acceptors (Lipinski definition) is 6. The van der Waals surface area contributed by atoms with E-state index in [0.717, 1.165) is 21.8 Å². The Morgan fingerprint density at radius 1 is 1.23 bits per heavy atom. The number of fused-ring (bicyclic) bond motifs is 1. The number of nitrogens with zero attached hydrogens (tertiary/aromatic N) is 3. The molecule has 154 valence electrons. The van der Waals surface area contributed by atoms with Crippen molar-refractivity contribution in [3.63, 3.8) is 0 Å². The number of thiophene rings is 2. The summed E-state index contributed by atoms with van der Waals surface area (Å²) >= 11 is 3.09. The van der Waals surface area contributed by atoms with Crippen LogP contribution in [0.15, 0.2) is 52.9 Å². The van der Waals surface area contributed by atoms with E-state index >= 15 is 0 Å². The second-order valence-corrected chi connectivity index (χ2v) is 9.13. The van der Waals surface area contributed by atoms with Crippen LogP contribution in [0.5, 0.6) is 5.75 Å². The molecule has 8 heteroatoms. The van der Waals surface area contributed by atoms with Crippen molar-refractivity contribution in [1.82, 2.24) is 14.5 Å². The fourth-order valence-corrected chi connectivity index (χ4v) is 5.15. The fraction of sp³-hybridized carbons (Fsp3) is 0.227. The number of para-hydroxylation sites is 1. The highest BCUT2D eigenvalue weighted by Crippen LogP contribution is 2.34. The number of methoxy groups -OCH3 is 1. The highest BCUT2D eigenvalue weighted by atomic mass is 32.1. The summed E-state index contributed by atoms with van der Waals surface area (Å²) in [5.41, 5.74) is 1.60. The number of aromatic nitrogens is 2. The summed E-state index contributed by atoms with van der Waals surface area (Å²) in [7, 11) is 3.32. The van der Waals surface area contributed by atoms with Crippen LogP contribution in [0, 0.1) is 6.92 Å². The van der Waals surface area contributed by atoms with Crippen molar-refractivity contribution in [1.29, 1.82) is 0 Å². The first-order valence-corrected chi connectivity index (χ1v) is 11.1. The molecule has 4 aromatic rings. The number of likely N-dealkylation sites (N-methyl/N-ethyl adjacent to an activating group) is 1. The lowest BCUT2D eigenvalue weighted by Gasteiger charge is -2.19. The van der Waals surface area contributed by atoms with E-state index in [-0.39, 0.29) is 18.0 Å². The van der Waals surface area contributed by atoms with Crippen LogP contribution in [0.25, 0.3) is 20.7 Å². The number of benzene rings is 1. The van der Waals surface area contributed by atoms with Gasteiger partial charge < -0.3 is 9.64 Å². The second kappa shape index (κ2) is 8.41. The summed E-state index contributed by atoms with van der Waals surface area (Å²) in [5, 5.41) is 2.54. The van der Waals surface area contributed by atoms with Gasteiger partial charge in [0.1, 0.15) is 17.1 Å². The number of carbonyl (C=O) groups excluding carboxylic acids is 1. The molecule has 6 nitrogen and oxygen atoms in total. The van der Waals surface area contributed by atoms with Gasteiger partial charge in [-0.05, 0) is 25.1 Å². The smallest absolute Gasteiger partial charge is 0.263 e. The molecule has 0 aliphatic rings. The van der Waals surface area contributed by atoms with Gasteiger partial charge in [0.25, 0.3) is 5.56 Å². The van der Waals surface area contributed by atoms with Crippen molar-refractivity contribution in [3.05, 3.63) is 68.9 Å². The van der Waals surface area contributed by atoms with Crippen LogP contribution in [0.2, 0.25) is 0 Å². The van der Waals surface area contributed by atoms with Gasteiger partial charge in [-0.3, -0.25) is 14.2 Å². The minimum absolute atomic E-state index is 0.0633. The van der Waals surface area contributed by atoms with E-state index in [1.54, 1.807) is 30.4 Å². The van der Waals surface area contributed by atoms with Gasteiger partial charge in [0, 0.05) is 39.9 Å². The molecule has 0 aliphatic carbocycles. The Bertz CT molecular complexity index is 1270. The Morgan fingerprint density at radius 3 is 2.77 bits per heavy atom. The first-order valence-electron chi connectivity index (χ1n) is 9.37. The van der Waals surface area contributed by atoms with Gasteiger partial charge in [0.05, 0.1) is 18.8 Å². The molecule has 30 heavy (non-hydrogen) atoms. The Morgan fingerprint density at radius 2 is 2.03 bits per heavy atom. The zero-order chi connectivity index (χ0) is 21.3. The molecule has 0 spiro atoms. The number of ether oxygens (including phenoxy) is 1. The van der Waals surface area contributed by atoms with E-state index in [4.69, 9.17) is 4.74 Å². The van der Waals surface area contributed by atoms with E-state index in [1.165, 1.54) is 27.1 Å². The van der Waals surface area contributed by atoms with Gasteiger partial charge in [-0.25, -0.2) is 4.98 Å². The summed E-state index contributed by atoms with van der Waals surface area (Å²) in [6.07, 6.45) is 1.46. The first-order chi connectivity index (χ1) is 14.5. The van der Waals surface area contributed by atoms with Gasteiger partial charge >= 0.3 is 0 Å². The third-order valence-electron chi connectivity index (χ3n) is 4.90. The maximum absolute atomic E-state index is 13.2. The summed E-state index contributed by atoms with van der Waals surface area (Å²) in [6, 6.07) is 11.6. The highest BCUT2D eigenvalue weighted by molar-refractivity contribution is 7.19. The molecular weight excluding hydrogens is 418 g/mol. The lowest BCUT2D eigenvalue weighted by atomic mass is 10.2. The van der Waals surface area contributed by atoms with Crippen molar-refractivity contribution >= 4 is 38.8 Å². The summed E-state index contributed by atoms with van der Waals surface area (Å²) in [4.78, 5) is 34.9. The van der Waals surface area contributed by atoms with E-state index in [1.807, 2.05) is 48.7 Å². The van der Waals surface area contributed by atoms with E-state index < -0.39 is 0 Å². The van der Waals surface area contributed by atoms with Gasteiger partial charge in [-0.2, -0.15) is 0 Å². The van der Waals surface area contributed by atoms with Crippen molar-refractivity contribution < 1.29 is 9.53 Å². The van der Waals surface area contributed by atoms with Crippen molar-refractivity contribution in [2.24, 2.45) is 0 Å². The first kappa shape index (κ1) is 20.3. The number of amides is 1. The molecule has 0 fully saturated rings. The van der Waals surface area contributed by atoms with E-state index in [9.17, 15) is 9.59 Å². The van der Waals surface area contributed by atoms with Crippen LogP contribution in [0.4, 0.5) is 0 Å². The summed E-state index contributed by atoms with van der Waals surface area (Å²) in [5.74, 6) is 0.555. The molecule has 0 atom stereocenters. The Labute approximate surface area is 182 Å². The summed E-state index contributed by atoms with van der Waals surface area (Å²) < 4.78 is 6.75. The normalized spacial score (nSPS) is 11.0. The molecule has 0 unspecified atom stereocenters. The predicted molar refractivity (Wildman–Crippen MR) is 121 cm³/mol. The third kappa shape index (κ3) is 3.88. The molecule has 0 saturated carbocycles. The molecule has 3 heterocycles. The van der Waals surface area contributed by atoms with Crippen LogP contribution in [-0.2, 0) is 17.9 Å². The molecular formula is C22H21N3O3S2. The molecule has 4 rings (SSSR count). The van der Waals surface area contributed by atoms with Crippen LogP contribution >= 0.6 is 22.7 Å². The Hall–Kier alpha value is -2.97. The van der Waals surface area contributed by atoms with Crippen LogP contribution in [0.1, 0.15) is 10.4 Å². The Balaban J connectivity index is 1.60. The van der Waals surface area contributed by atoms with E-state index in [0.29, 0.717) is 16.8 Å². The average Bonchev–Trinajstić information content (AvgIpc) is 3.36. The third-order valence-corrected chi connectivity index (χ3v) is 6.82. The van der Waals surface area contributed by atoms with Crippen LogP contribution in [0.3, 0.4) is 0 Å².